The highest BCUT2D eigenvalue weighted by molar-refractivity contribution is 4.61. The van der Waals surface area contributed by atoms with E-state index in [1.165, 1.54) is 0 Å². The Morgan fingerprint density at radius 1 is 1.45 bits per heavy atom. The van der Waals surface area contributed by atoms with Gasteiger partial charge in [0.05, 0.1) is 6.10 Å². The molecule has 0 radical (unpaired) electrons. The lowest BCUT2D eigenvalue weighted by atomic mass is 10.2. The summed E-state index contributed by atoms with van der Waals surface area (Å²) in [6.45, 7) is 5.69. The van der Waals surface area contributed by atoms with Gasteiger partial charge in [-0.1, -0.05) is 0 Å². The van der Waals surface area contributed by atoms with Gasteiger partial charge in [0, 0.05) is 12.5 Å². The molecule has 0 aliphatic heterocycles. The summed E-state index contributed by atoms with van der Waals surface area (Å²) in [5.74, 6) is 5.00. The van der Waals surface area contributed by atoms with E-state index in [4.69, 9.17) is 11.0 Å². The molecule has 4 N–H and O–H groups in total. The molecule has 0 heterocycles. The lowest BCUT2D eigenvalue weighted by molar-refractivity contribution is -0.00805. The van der Waals surface area contributed by atoms with E-state index in [1.807, 2.05) is 13.8 Å². The molecule has 4 nitrogen and oxygen atoms in total. The van der Waals surface area contributed by atoms with Gasteiger partial charge in [0.15, 0.2) is 0 Å². The molecule has 0 aromatic heterocycles. The highest BCUT2D eigenvalue weighted by atomic mass is 16.6. The predicted molar refractivity (Wildman–Crippen MR) is 43.6 cm³/mol. The number of aliphatic hydroxyl groups is 1. The molecule has 0 fully saturated rings. The molecule has 0 aromatic carbocycles. The van der Waals surface area contributed by atoms with Crippen molar-refractivity contribution in [1.29, 1.82) is 0 Å². The van der Waals surface area contributed by atoms with Crippen molar-refractivity contribution in [2.75, 3.05) is 0 Å². The minimum atomic E-state index is -0.394. The predicted octanol–water partition coefficient (Wildman–Crippen LogP) is -0.0283. The summed E-state index contributed by atoms with van der Waals surface area (Å²) < 4.78 is 0. The first-order chi connectivity index (χ1) is 5.06. The number of aliphatic hydroxyl groups excluding tert-OH is 1. The van der Waals surface area contributed by atoms with Crippen LogP contribution in [0.15, 0.2) is 0 Å². The van der Waals surface area contributed by atoms with E-state index in [0.29, 0.717) is 12.5 Å². The third kappa shape index (κ3) is 6.25. The van der Waals surface area contributed by atoms with Crippen molar-refractivity contribution in [3.63, 3.8) is 0 Å². The van der Waals surface area contributed by atoms with E-state index < -0.39 is 6.10 Å². The molecule has 0 aliphatic carbocycles. The van der Waals surface area contributed by atoms with Crippen molar-refractivity contribution < 1.29 is 9.94 Å². The van der Waals surface area contributed by atoms with Crippen molar-refractivity contribution in [3.8, 4) is 0 Å². The first-order valence-corrected chi connectivity index (χ1v) is 3.86. The third-order valence-corrected chi connectivity index (χ3v) is 1.24. The largest absolute Gasteiger partial charge is 0.393 e. The molecular weight excluding hydrogens is 144 g/mol. The number of nitrogens with one attached hydrogen (secondary N) is 1. The molecule has 0 rings (SSSR count). The van der Waals surface area contributed by atoms with E-state index >= 15 is 0 Å². The molecule has 68 valence electrons. The summed E-state index contributed by atoms with van der Waals surface area (Å²) in [4.78, 5) is 4.60. The van der Waals surface area contributed by atoms with Crippen LogP contribution in [-0.2, 0) is 4.84 Å². The van der Waals surface area contributed by atoms with Crippen LogP contribution in [0.4, 0.5) is 0 Å². The van der Waals surface area contributed by atoms with Crippen molar-refractivity contribution in [1.82, 2.24) is 5.32 Å². The minimum absolute atomic E-state index is 0.255. The molecule has 2 atom stereocenters. The van der Waals surface area contributed by atoms with Crippen LogP contribution in [0.1, 0.15) is 27.2 Å². The van der Waals surface area contributed by atoms with Crippen molar-refractivity contribution >= 4 is 0 Å². The maximum Gasteiger partial charge on any atom is 0.131 e. The van der Waals surface area contributed by atoms with Crippen LogP contribution in [0.3, 0.4) is 0 Å². The van der Waals surface area contributed by atoms with Gasteiger partial charge in [0.1, 0.15) is 6.23 Å². The normalized spacial score (nSPS) is 16.9. The Hall–Kier alpha value is -0.160. The summed E-state index contributed by atoms with van der Waals surface area (Å²) in [7, 11) is 0. The Balaban J connectivity index is 3.58. The second-order valence-electron chi connectivity index (χ2n) is 3.03. The van der Waals surface area contributed by atoms with E-state index in [1.54, 1.807) is 6.92 Å². The maximum atomic E-state index is 8.99. The van der Waals surface area contributed by atoms with E-state index in [9.17, 15) is 0 Å². The Morgan fingerprint density at radius 3 is 2.27 bits per heavy atom. The van der Waals surface area contributed by atoms with Gasteiger partial charge in [-0.2, -0.15) is 0 Å². The van der Waals surface area contributed by atoms with Crippen LogP contribution in [0.25, 0.3) is 0 Å². The van der Waals surface area contributed by atoms with Gasteiger partial charge in [-0.15, -0.1) is 0 Å². The van der Waals surface area contributed by atoms with E-state index in [0.717, 1.165) is 0 Å². The lowest BCUT2D eigenvalue weighted by Gasteiger charge is -2.19. The van der Waals surface area contributed by atoms with Gasteiger partial charge in [-0.25, -0.2) is 5.90 Å². The van der Waals surface area contributed by atoms with Crippen LogP contribution in [0.5, 0.6) is 0 Å². The number of rotatable bonds is 5. The molecule has 4 heteroatoms. The number of hydrogen-bond acceptors (Lipinski definition) is 4. The molecular formula is C7H18N2O2. The molecule has 0 saturated heterocycles. The topological polar surface area (TPSA) is 67.5 Å². The van der Waals surface area contributed by atoms with Crippen LogP contribution in [0, 0.1) is 0 Å². The summed E-state index contributed by atoms with van der Waals surface area (Å²) in [5.41, 5.74) is 0. The molecule has 0 amide bonds. The zero-order valence-corrected chi connectivity index (χ0v) is 7.37. The minimum Gasteiger partial charge on any atom is -0.393 e. The summed E-state index contributed by atoms with van der Waals surface area (Å²) in [6, 6.07) is 0.308. The average molecular weight is 162 g/mol. The van der Waals surface area contributed by atoms with E-state index in [-0.39, 0.29) is 6.23 Å². The second-order valence-corrected chi connectivity index (χ2v) is 3.03. The molecule has 11 heavy (non-hydrogen) atoms. The van der Waals surface area contributed by atoms with Crippen LogP contribution >= 0.6 is 0 Å². The Morgan fingerprint density at radius 2 is 2.00 bits per heavy atom. The Kier molecular flexibility index (Phi) is 5.41. The molecule has 2 unspecified atom stereocenters. The SMILES string of the molecule is CC(O)CC(NC(C)C)ON. The standard InChI is InChI=1S/C7H18N2O2/c1-5(2)9-7(11-8)4-6(3)10/h5-7,9-10H,4,8H2,1-3H3. The van der Waals surface area contributed by atoms with Gasteiger partial charge in [-0.3, -0.25) is 10.2 Å². The fourth-order valence-electron chi connectivity index (χ4n) is 0.844. The maximum absolute atomic E-state index is 8.99. The Labute approximate surface area is 67.7 Å². The molecule has 0 saturated carbocycles. The van der Waals surface area contributed by atoms with Crippen LogP contribution in [0.2, 0.25) is 0 Å². The second kappa shape index (κ2) is 5.49. The summed E-state index contributed by atoms with van der Waals surface area (Å²) in [6.07, 6.45) is -0.140. The summed E-state index contributed by atoms with van der Waals surface area (Å²) >= 11 is 0. The van der Waals surface area contributed by atoms with Gasteiger partial charge in [0.2, 0.25) is 0 Å². The third-order valence-electron chi connectivity index (χ3n) is 1.24. The molecule has 0 bridgehead atoms. The number of hydrogen-bond donors (Lipinski definition) is 3. The fourth-order valence-corrected chi connectivity index (χ4v) is 0.844. The van der Waals surface area contributed by atoms with Crippen molar-refractivity contribution in [2.45, 2.75) is 45.6 Å². The van der Waals surface area contributed by atoms with E-state index in [2.05, 4.69) is 10.2 Å². The van der Waals surface area contributed by atoms with Crippen LogP contribution < -0.4 is 11.2 Å². The fraction of sp³-hybridized carbons (Fsp3) is 1.00. The molecule has 0 aromatic rings. The van der Waals surface area contributed by atoms with Crippen molar-refractivity contribution in [3.05, 3.63) is 0 Å². The van der Waals surface area contributed by atoms with Crippen molar-refractivity contribution in [2.24, 2.45) is 5.90 Å². The van der Waals surface area contributed by atoms with Gasteiger partial charge in [-0.05, 0) is 20.8 Å². The zero-order valence-electron chi connectivity index (χ0n) is 7.37. The smallest absolute Gasteiger partial charge is 0.131 e. The summed E-state index contributed by atoms with van der Waals surface area (Å²) in [5, 5.41) is 12.0. The molecule has 0 aliphatic rings. The quantitative estimate of drug-likeness (QED) is 0.392. The molecule has 0 spiro atoms. The first-order valence-electron chi connectivity index (χ1n) is 3.86. The van der Waals surface area contributed by atoms with Gasteiger partial charge < -0.3 is 5.11 Å². The Bertz CT molecular complexity index is 86.4. The van der Waals surface area contributed by atoms with Gasteiger partial charge in [0.25, 0.3) is 0 Å². The van der Waals surface area contributed by atoms with Crippen LogP contribution in [-0.4, -0.2) is 23.5 Å². The average Bonchev–Trinajstić information content (AvgIpc) is 1.84. The zero-order chi connectivity index (χ0) is 8.85. The monoisotopic (exact) mass is 162 g/mol. The highest BCUT2D eigenvalue weighted by Crippen LogP contribution is 1.98. The first kappa shape index (κ1) is 10.8. The highest BCUT2D eigenvalue weighted by Gasteiger charge is 2.11. The number of nitrogens with two attached hydrogens (primary N) is 1. The van der Waals surface area contributed by atoms with Gasteiger partial charge >= 0.3 is 0 Å². The lowest BCUT2D eigenvalue weighted by Crippen LogP contribution is -2.40.